The van der Waals surface area contributed by atoms with Crippen LogP contribution in [0.2, 0.25) is 0 Å². The van der Waals surface area contributed by atoms with Crippen molar-refractivity contribution in [2.24, 2.45) is 5.73 Å². The van der Waals surface area contributed by atoms with Gasteiger partial charge in [0.1, 0.15) is 56.9 Å². The molecule has 1 amide bonds. The number of hydrogen-bond acceptors (Lipinski definition) is 21. The number of anilines is 6. The van der Waals surface area contributed by atoms with E-state index in [2.05, 4.69) is 183 Å². The lowest BCUT2D eigenvalue weighted by Gasteiger charge is -2.28. The molecule has 626 valence electrons. The molecular formula is C101H99N15O7S. The number of nitrogens with one attached hydrogen (secondary N) is 4. The lowest BCUT2D eigenvalue weighted by molar-refractivity contribution is -0.115. The number of Topliss-reactive ketones (excluding diaryl/α,β-unsaturated/α-hetero) is 1. The Balaban J connectivity index is 0.000000127. The van der Waals surface area contributed by atoms with Crippen LogP contribution in [0.3, 0.4) is 0 Å². The summed E-state index contributed by atoms with van der Waals surface area (Å²) in [6.45, 7) is 15.9. The van der Waals surface area contributed by atoms with Gasteiger partial charge in [0.15, 0.2) is 11.6 Å². The number of fused-ring (bicyclic) bond motifs is 4. The van der Waals surface area contributed by atoms with E-state index in [0.717, 1.165) is 133 Å². The average Bonchev–Trinajstić information content (AvgIpc) is 1.59. The number of nitrogens with two attached hydrogens (primary N) is 1. The van der Waals surface area contributed by atoms with Gasteiger partial charge in [-0.25, -0.2) is 34.9 Å². The van der Waals surface area contributed by atoms with Gasteiger partial charge in [-0.1, -0.05) is 188 Å². The van der Waals surface area contributed by atoms with Gasteiger partial charge in [-0.05, 0) is 168 Å². The maximum Gasteiger partial charge on any atom is 0.266 e. The summed E-state index contributed by atoms with van der Waals surface area (Å²) in [5.41, 5.74) is 23.6. The predicted octanol–water partition coefficient (Wildman–Crippen LogP) is 21.0. The number of carbonyl (C=O) groups excluding carboxylic acids is 2. The van der Waals surface area contributed by atoms with Gasteiger partial charge in [0, 0.05) is 82.0 Å². The molecule has 8 heterocycles. The third-order valence-corrected chi connectivity index (χ3v) is 21.9. The molecule has 6 N–H and O–H groups in total. The number of morpholine rings is 1. The molecule has 0 unspecified atom stereocenters. The van der Waals surface area contributed by atoms with Gasteiger partial charge in [0.2, 0.25) is 5.95 Å². The minimum absolute atomic E-state index is 0.0685. The second-order valence-corrected chi connectivity index (χ2v) is 30.5. The van der Waals surface area contributed by atoms with Gasteiger partial charge in [-0.15, -0.1) is 11.3 Å². The topological polar surface area (TPSA) is 270 Å². The quantitative estimate of drug-likeness (QED) is 0.0398. The minimum atomic E-state index is -0.171. The number of rotatable bonds is 23. The smallest absolute Gasteiger partial charge is 0.266 e. The number of thiophene rings is 1. The molecule has 1 saturated heterocycles. The largest absolute Gasteiger partial charge is 0.496 e. The van der Waals surface area contributed by atoms with E-state index in [1.165, 1.54) is 55.9 Å². The first-order valence-electron chi connectivity index (χ1n) is 41.1. The van der Waals surface area contributed by atoms with Crippen LogP contribution < -0.4 is 46.1 Å². The number of furan rings is 1. The molecule has 0 saturated carbocycles. The van der Waals surface area contributed by atoms with Crippen LogP contribution in [0.25, 0.3) is 82.6 Å². The van der Waals surface area contributed by atoms with E-state index < -0.39 is 0 Å². The lowest BCUT2D eigenvalue weighted by atomic mass is 10.0. The zero-order chi connectivity index (χ0) is 86.3. The first-order valence-corrected chi connectivity index (χ1v) is 41.9. The van der Waals surface area contributed by atoms with E-state index in [9.17, 15) is 9.59 Å². The molecular weight excluding hydrogens is 1570 g/mol. The van der Waals surface area contributed by atoms with Gasteiger partial charge < -0.3 is 59.8 Å². The summed E-state index contributed by atoms with van der Waals surface area (Å²) >= 11 is 1.40. The van der Waals surface area contributed by atoms with Crippen LogP contribution >= 0.6 is 11.3 Å². The molecule has 0 spiro atoms. The molecule has 17 aromatic rings. The van der Waals surface area contributed by atoms with Gasteiger partial charge in [-0.2, -0.15) is 4.98 Å². The monoisotopic (exact) mass is 1670 g/mol. The van der Waals surface area contributed by atoms with Gasteiger partial charge in [0.05, 0.1) is 91.2 Å². The van der Waals surface area contributed by atoms with Crippen molar-refractivity contribution in [1.29, 1.82) is 0 Å². The highest BCUT2D eigenvalue weighted by Gasteiger charge is 2.26. The number of ether oxygens (including phenoxy) is 4. The highest BCUT2D eigenvalue weighted by molar-refractivity contribution is 7.20. The maximum atomic E-state index is 13.0. The SMILES string of the molecule is CC(=O)CNc1nc(-c2ccccc2)nc2ccccc12.COc1cc(-c2nc(CCc3ccco3)c3ccccc3n2)cc(OC)c1C.COc1ccccc1NC(=O)c1sc2nc(C)nc(N3CCOCC3)c2c1C.Cc1ccc(Nc2cc(C)nc(NCc3ccccc3)n2)cc1.NCCc1c(-c2ccccc2)n(-c2ccccc2)c2ccccc12. The highest BCUT2D eigenvalue weighted by atomic mass is 32.1. The van der Waals surface area contributed by atoms with Crippen LogP contribution in [0.4, 0.5) is 34.8 Å². The Morgan fingerprint density at radius 1 is 0.532 bits per heavy atom. The molecule has 10 aromatic carbocycles. The number of amides is 1. The highest BCUT2D eigenvalue weighted by Crippen LogP contribution is 2.40. The van der Waals surface area contributed by atoms with Crippen LogP contribution in [-0.4, -0.2) is 117 Å². The van der Waals surface area contributed by atoms with Crippen molar-refractivity contribution in [3.05, 3.63) is 335 Å². The first-order chi connectivity index (χ1) is 60.6. The Morgan fingerprint density at radius 3 is 1.80 bits per heavy atom. The van der Waals surface area contributed by atoms with E-state index >= 15 is 0 Å². The van der Waals surface area contributed by atoms with E-state index in [4.69, 9.17) is 39.1 Å². The molecule has 18 rings (SSSR count). The molecule has 0 atom stereocenters. The molecule has 0 aliphatic carbocycles. The van der Waals surface area contributed by atoms with Crippen LogP contribution in [0.1, 0.15) is 67.4 Å². The number of carbonyl (C=O) groups is 2. The number of aryl methyl sites for hydroxylation is 6. The number of hydrogen-bond donors (Lipinski definition) is 5. The van der Waals surface area contributed by atoms with Crippen molar-refractivity contribution in [1.82, 2.24) is 44.4 Å². The minimum Gasteiger partial charge on any atom is -0.496 e. The number of aromatic nitrogens is 9. The van der Waals surface area contributed by atoms with Crippen molar-refractivity contribution in [3.8, 4) is 57.0 Å². The molecule has 0 radical (unpaired) electrons. The zero-order valence-corrected chi connectivity index (χ0v) is 71.8. The Hall–Kier alpha value is -14.5. The van der Waals surface area contributed by atoms with E-state index in [1.54, 1.807) is 34.5 Å². The van der Waals surface area contributed by atoms with Crippen molar-refractivity contribution in [2.45, 2.75) is 67.3 Å². The van der Waals surface area contributed by atoms with E-state index in [1.807, 2.05) is 185 Å². The van der Waals surface area contributed by atoms with Gasteiger partial charge >= 0.3 is 0 Å². The lowest BCUT2D eigenvalue weighted by Crippen LogP contribution is -2.37. The van der Waals surface area contributed by atoms with E-state index in [-0.39, 0.29) is 18.2 Å². The second-order valence-electron chi connectivity index (χ2n) is 29.5. The Labute approximate surface area is 725 Å². The molecule has 124 heavy (non-hydrogen) atoms. The number of ketones is 1. The van der Waals surface area contributed by atoms with Crippen molar-refractivity contribution < 1.29 is 33.0 Å². The molecule has 1 fully saturated rings. The second kappa shape index (κ2) is 41.6. The van der Waals surface area contributed by atoms with Crippen molar-refractivity contribution in [2.75, 3.05) is 86.9 Å². The van der Waals surface area contributed by atoms with Crippen LogP contribution in [0.15, 0.2) is 284 Å². The van der Waals surface area contributed by atoms with Gasteiger partial charge in [-0.3, -0.25) is 9.59 Å². The normalized spacial score (nSPS) is 11.5. The summed E-state index contributed by atoms with van der Waals surface area (Å²) in [4.78, 5) is 65.0. The van der Waals surface area contributed by atoms with Crippen molar-refractivity contribution in [3.63, 3.8) is 0 Å². The molecule has 7 aromatic heterocycles. The number of nitrogens with zero attached hydrogens (tertiary/aromatic N) is 10. The summed E-state index contributed by atoms with van der Waals surface area (Å²) in [7, 11) is 4.89. The summed E-state index contributed by atoms with van der Waals surface area (Å²) in [5.74, 6) is 7.98. The Morgan fingerprint density at radius 2 is 1.14 bits per heavy atom. The standard InChI is InChI=1S/C23H22N2O3.C22H20N2.C20H22N4O3S.C19H20N4.C17H15N3O/c1-15-21(26-2)13-16(14-22(15)27-3)23-24-19-9-5-4-8-18(19)20(25-23)11-10-17-7-6-12-28-17;23-16-15-20-19-13-7-8-14-21(19)24(18-11-5-2-6-12-18)22(20)17-9-3-1-4-10-17;1-12-16-18(24-8-10-27-11-9-24)21-13(2)22-20(16)28-17(12)19(25)23-14-6-4-5-7-15(14)26-3;1-14-8-10-17(11-9-14)22-18-12-15(2)21-19(23-18)20-13-16-6-4-3-5-7-16;1-12(21)11-18-17-14-9-5-6-10-15(14)19-16(20-17)13-7-3-2-4-8-13/h4-9,12-14H,10-11H2,1-3H3;1-14H,15-16,23H2;4-7H,8-11H2,1-3H3,(H,23,25);3-12H,13H2,1-2H3,(H2,20,21,22,23);2-10H,11H2,1H3,(H,18,19,20). The summed E-state index contributed by atoms with van der Waals surface area (Å²) in [6.07, 6.45) is 4.12. The first kappa shape index (κ1) is 85.9. The molecule has 1 aliphatic rings. The molecule has 1 aliphatic heterocycles. The van der Waals surface area contributed by atoms with Gasteiger partial charge in [0.25, 0.3) is 5.91 Å². The summed E-state index contributed by atoms with van der Waals surface area (Å²) < 4.78 is 29.7. The van der Waals surface area contributed by atoms with Crippen LogP contribution in [0.5, 0.6) is 17.2 Å². The Kier molecular flexibility index (Phi) is 28.8. The molecule has 0 bridgehead atoms. The molecule has 23 heteroatoms. The van der Waals surface area contributed by atoms with Crippen molar-refractivity contribution >= 4 is 101 Å². The number of benzene rings is 10. The number of methoxy groups -OCH3 is 3. The number of para-hydroxylation sites is 6. The summed E-state index contributed by atoms with van der Waals surface area (Å²) in [5, 5.41) is 16.9. The fraction of sp³-hybridized carbons (Fsp3) is 0.188. The zero-order valence-electron chi connectivity index (χ0n) is 70.9. The summed E-state index contributed by atoms with van der Waals surface area (Å²) in [6, 6.07) is 91.0. The van der Waals surface area contributed by atoms with Crippen LogP contribution in [-0.2, 0) is 35.3 Å². The Bertz CT molecular complexity index is 6430. The third-order valence-electron chi connectivity index (χ3n) is 20.7. The third kappa shape index (κ3) is 21.4. The molecule has 22 nitrogen and oxygen atoms in total. The van der Waals surface area contributed by atoms with E-state index in [0.29, 0.717) is 71.9 Å². The maximum absolute atomic E-state index is 13.0. The average molecular weight is 1670 g/mol. The fourth-order valence-corrected chi connectivity index (χ4v) is 15.7. The predicted molar refractivity (Wildman–Crippen MR) is 500 cm³/mol. The fourth-order valence-electron chi connectivity index (χ4n) is 14.6. The van der Waals surface area contributed by atoms with Crippen LogP contribution in [0, 0.1) is 34.6 Å².